The van der Waals surface area contributed by atoms with Gasteiger partial charge in [-0.15, -0.1) is 11.3 Å². The molecule has 138 valence electrons. The maximum atomic E-state index is 11.9. The number of nitrogens with zero attached hydrogens (tertiary/aromatic N) is 3. The SMILES string of the molecule is C[C@H]1CCc2c(sc3ncnc(N4C[C@@H](C(N)=O)Oc5ccccc54)c23)C1. The first kappa shape index (κ1) is 16.5. The van der Waals surface area contributed by atoms with Crippen molar-refractivity contribution < 1.29 is 9.53 Å². The third-order valence-corrected chi connectivity index (χ3v) is 6.58. The van der Waals surface area contributed by atoms with Crippen molar-refractivity contribution in [2.24, 2.45) is 11.7 Å². The molecule has 2 atom stereocenters. The number of fused-ring (bicyclic) bond motifs is 4. The van der Waals surface area contributed by atoms with Crippen molar-refractivity contribution in [2.45, 2.75) is 32.3 Å². The molecule has 2 aromatic heterocycles. The van der Waals surface area contributed by atoms with Crippen LogP contribution < -0.4 is 15.4 Å². The van der Waals surface area contributed by atoms with Crippen LogP contribution in [-0.2, 0) is 17.6 Å². The third-order valence-electron chi connectivity index (χ3n) is 5.42. The molecule has 27 heavy (non-hydrogen) atoms. The zero-order valence-electron chi connectivity index (χ0n) is 15.0. The Morgan fingerprint density at radius 1 is 1.33 bits per heavy atom. The van der Waals surface area contributed by atoms with Crippen LogP contribution in [0.1, 0.15) is 23.8 Å². The lowest BCUT2D eigenvalue weighted by atomic mass is 9.89. The molecule has 2 N–H and O–H groups in total. The largest absolute Gasteiger partial charge is 0.477 e. The molecule has 0 saturated carbocycles. The number of para-hydroxylation sites is 2. The summed E-state index contributed by atoms with van der Waals surface area (Å²) in [5, 5.41) is 1.12. The van der Waals surface area contributed by atoms with E-state index in [1.54, 1.807) is 17.7 Å². The van der Waals surface area contributed by atoms with Gasteiger partial charge in [-0.05, 0) is 42.9 Å². The van der Waals surface area contributed by atoms with Crippen LogP contribution in [-0.4, -0.2) is 28.5 Å². The minimum atomic E-state index is -0.709. The van der Waals surface area contributed by atoms with E-state index in [9.17, 15) is 4.79 Å². The molecule has 3 aromatic rings. The molecule has 0 unspecified atom stereocenters. The van der Waals surface area contributed by atoms with Crippen molar-refractivity contribution in [1.82, 2.24) is 9.97 Å². The number of primary amides is 1. The fourth-order valence-electron chi connectivity index (χ4n) is 4.05. The summed E-state index contributed by atoms with van der Waals surface area (Å²) < 4.78 is 5.81. The summed E-state index contributed by atoms with van der Waals surface area (Å²) in [6.45, 7) is 2.65. The first-order chi connectivity index (χ1) is 13.1. The molecule has 1 aromatic carbocycles. The number of aromatic nitrogens is 2. The number of carbonyl (C=O) groups is 1. The highest BCUT2D eigenvalue weighted by molar-refractivity contribution is 7.19. The number of thiophene rings is 1. The topological polar surface area (TPSA) is 81.3 Å². The summed E-state index contributed by atoms with van der Waals surface area (Å²) in [4.78, 5) is 25.5. The van der Waals surface area contributed by atoms with E-state index in [-0.39, 0.29) is 0 Å². The second-order valence-electron chi connectivity index (χ2n) is 7.32. The van der Waals surface area contributed by atoms with E-state index in [1.165, 1.54) is 16.9 Å². The Balaban J connectivity index is 1.70. The van der Waals surface area contributed by atoms with Gasteiger partial charge in [0.15, 0.2) is 6.10 Å². The van der Waals surface area contributed by atoms with Gasteiger partial charge < -0.3 is 15.4 Å². The van der Waals surface area contributed by atoms with Gasteiger partial charge in [0.05, 0.1) is 17.6 Å². The predicted molar refractivity (Wildman–Crippen MR) is 106 cm³/mol. The maximum Gasteiger partial charge on any atom is 0.260 e. The summed E-state index contributed by atoms with van der Waals surface area (Å²) in [6.07, 6.45) is 4.22. The molecule has 2 aliphatic rings. The number of aryl methyl sites for hydroxylation is 1. The van der Waals surface area contributed by atoms with Crippen molar-refractivity contribution in [1.29, 1.82) is 0 Å². The molecule has 1 amide bonds. The monoisotopic (exact) mass is 380 g/mol. The first-order valence-corrected chi connectivity index (χ1v) is 10.0. The van der Waals surface area contributed by atoms with Crippen LogP contribution in [0.4, 0.5) is 11.5 Å². The fraction of sp³-hybridized carbons (Fsp3) is 0.350. The minimum Gasteiger partial charge on any atom is -0.477 e. The van der Waals surface area contributed by atoms with Crippen LogP contribution in [0.15, 0.2) is 30.6 Å². The lowest BCUT2D eigenvalue weighted by Crippen LogP contribution is -2.45. The molecule has 0 radical (unpaired) electrons. The molecule has 0 saturated heterocycles. The molecule has 0 fully saturated rings. The predicted octanol–water partition coefficient (Wildman–Crippen LogP) is 3.20. The van der Waals surface area contributed by atoms with E-state index < -0.39 is 12.0 Å². The summed E-state index contributed by atoms with van der Waals surface area (Å²) in [5.74, 6) is 1.72. The van der Waals surface area contributed by atoms with E-state index in [1.807, 2.05) is 24.3 Å². The van der Waals surface area contributed by atoms with Gasteiger partial charge in [0.1, 0.15) is 22.7 Å². The van der Waals surface area contributed by atoms with Crippen molar-refractivity contribution in [3.63, 3.8) is 0 Å². The highest BCUT2D eigenvalue weighted by Crippen LogP contribution is 2.44. The normalized spacial score (nSPS) is 21.4. The van der Waals surface area contributed by atoms with Crippen LogP contribution in [0.5, 0.6) is 5.75 Å². The van der Waals surface area contributed by atoms with E-state index in [2.05, 4.69) is 21.8 Å². The van der Waals surface area contributed by atoms with Gasteiger partial charge in [0.25, 0.3) is 5.91 Å². The summed E-state index contributed by atoms with van der Waals surface area (Å²) in [7, 11) is 0. The molecule has 1 aliphatic carbocycles. The fourth-order valence-corrected chi connectivity index (χ4v) is 5.39. The van der Waals surface area contributed by atoms with Gasteiger partial charge in [-0.3, -0.25) is 4.79 Å². The highest BCUT2D eigenvalue weighted by Gasteiger charge is 2.33. The molecule has 7 heteroatoms. The molecule has 5 rings (SSSR count). The molecule has 0 bridgehead atoms. The Morgan fingerprint density at radius 3 is 3.04 bits per heavy atom. The number of amides is 1. The first-order valence-electron chi connectivity index (χ1n) is 9.19. The molecular formula is C20H20N4O2S. The summed E-state index contributed by atoms with van der Waals surface area (Å²) in [5.41, 5.74) is 7.83. The van der Waals surface area contributed by atoms with Crippen molar-refractivity contribution >= 4 is 39.0 Å². The van der Waals surface area contributed by atoms with E-state index in [4.69, 9.17) is 10.5 Å². The molecule has 3 heterocycles. The third kappa shape index (κ3) is 2.65. The standard InChI is InChI=1S/C20H20N4O2S/c1-11-6-7-12-16(8-11)27-20-17(12)19(22-10-23-20)24-9-15(18(21)25)26-14-5-3-2-4-13(14)24/h2-5,10-11,15H,6-9H2,1H3,(H2,21,25)/t11-,15-/m0/s1. The maximum absolute atomic E-state index is 11.9. The van der Waals surface area contributed by atoms with Crippen LogP contribution in [0.25, 0.3) is 10.2 Å². The van der Waals surface area contributed by atoms with E-state index >= 15 is 0 Å². The average molecular weight is 380 g/mol. The summed E-state index contributed by atoms with van der Waals surface area (Å²) >= 11 is 1.77. The van der Waals surface area contributed by atoms with E-state index in [0.717, 1.165) is 34.6 Å². The van der Waals surface area contributed by atoms with Crippen LogP contribution in [0, 0.1) is 5.92 Å². The Hall–Kier alpha value is -2.67. The van der Waals surface area contributed by atoms with E-state index in [0.29, 0.717) is 18.2 Å². The number of carbonyl (C=O) groups excluding carboxylic acids is 1. The zero-order valence-corrected chi connectivity index (χ0v) is 15.8. The Bertz CT molecular complexity index is 1050. The lowest BCUT2D eigenvalue weighted by Gasteiger charge is -2.34. The number of hydrogen-bond donors (Lipinski definition) is 1. The van der Waals surface area contributed by atoms with Gasteiger partial charge in [0, 0.05) is 4.88 Å². The Kier molecular flexibility index (Phi) is 3.79. The smallest absolute Gasteiger partial charge is 0.260 e. The Labute approximate surface area is 161 Å². The zero-order chi connectivity index (χ0) is 18.5. The van der Waals surface area contributed by atoms with Crippen LogP contribution >= 0.6 is 11.3 Å². The molecule has 0 spiro atoms. The van der Waals surface area contributed by atoms with Crippen LogP contribution in [0.2, 0.25) is 0 Å². The number of nitrogens with two attached hydrogens (primary N) is 1. The lowest BCUT2D eigenvalue weighted by molar-refractivity contribution is -0.124. The molecule has 1 aliphatic heterocycles. The minimum absolute atomic E-state index is 0.347. The van der Waals surface area contributed by atoms with Gasteiger partial charge in [-0.1, -0.05) is 19.1 Å². The molecule has 6 nitrogen and oxygen atoms in total. The number of anilines is 2. The second kappa shape index (κ2) is 6.20. The Morgan fingerprint density at radius 2 is 2.19 bits per heavy atom. The van der Waals surface area contributed by atoms with Crippen molar-refractivity contribution in [2.75, 3.05) is 11.4 Å². The number of ether oxygens (including phenoxy) is 1. The van der Waals surface area contributed by atoms with Gasteiger partial charge >= 0.3 is 0 Å². The van der Waals surface area contributed by atoms with Gasteiger partial charge in [-0.2, -0.15) is 0 Å². The molecular weight excluding hydrogens is 360 g/mol. The average Bonchev–Trinajstić information content (AvgIpc) is 3.04. The number of benzene rings is 1. The van der Waals surface area contributed by atoms with Crippen molar-refractivity contribution in [3.8, 4) is 5.75 Å². The van der Waals surface area contributed by atoms with Crippen LogP contribution in [0.3, 0.4) is 0 Å². The highest BCUT2D eigenvalue weighted by atomic mass is 32.1. The van der Waals surface area contributed by atoms with Crippen molar-refractivity contribution in [3.05, 3.63) is 41.0 Å². The summed E-state index contributed by atoms with van der Waals surface area (Å²) in [6, 6.07) is 7.70. The number of rotatable bonds is 2. The van der Waals surface area contributed by atoms with Gasteiger partial charge in [-0.25, -0.2) is 9.97 Å². The second-order valence-corrected chi connectivity index (χ2v) is 8.40. The quantitative estimate of drug-likeness (QED) is 0.738. The number of hydrogen-bond acceptors (Lipinski definition) is 6. The van der Waals surface area contributed by atoms with Gasteiger partial charge in [0.2, 0.25) is 0 Å².